The number of fused-ring (bicyclic) bond motifs is 1. The number of carbonyl (C=O) groups is 1. The Balaban J connectivity index is 2.35. The summed E-state index contributed by atoms with van der Waals surface area (Å²) in [6.07, 6.45) is 1.57. The smallest absolute Gasteiger partial charge is 0.324 e. The molecule has 86 valence electrons. The molecule has 0 aromatic heterocycles. The number of carboxylic acid groups (broad SMARTS) is 1. The van der Waals surface area contributed by atoms with Crippen molar-refractivity contribution < 1.29 is 14.6 Å². The molecular weight excluding hydrogens is 206 g/mol. The van der Waals surface area contributed by atoms with Crippen molar-refractivity contribution in [3.63, 3.8) is 0 Å². The number of nitrogens with two attached hydrogens (primary N) is 1. The van der Waals surface area contributed by atoms with Crippen LogP contribution < -0.4 is 10.5 Å². The Morgan fingerprint density at radius 3 is 2.88 bits per heavy atom. The molecule has 2 rings (SSSR count). The van der Waals surface area contributed by atoms with Gasteiger partial charge in [0.2, 0.25) is 0 Å². The summed E-state index contributed by atoms with van der Waals surface area (Å²) in [5.41, 5.74) is 6.89. The van der Waals surface area contributed by atoms with E-state index in [0.717, 1.165) is 11.3 Å². The molecule has 1 atom stereocenters. The highest BCUT2D eigenvalue weighted by Crippen LogP contribution is 2.29. The molecule has 1 aliphatic rings. The Bertz CT molecular complexity index is 430. The van der Waals surface area contributed by atoms with Gasteiger partial charge in [-0.25, -0.2) is 0 Å². The monoisotopic (exact) mass is 221 g/mol. The molecule has 0 radical (unpaired) electrons. The molecular formula is C12H15NO3. The molecule has 0 spiro atoms. The Labute approximate surface area is 94.0 Å². The van der Waals surface area contributed by atoms with Gasteiger partial charge in [-0.3, -0.25) is 4.79 Å². The van der Waals surface area contributed by atoms with E-state index in [2.05, 4.69) is 0 Å². The van der Waals surface area contributed by atoms with Gasteiger partial charge in [-0.1, -0.05) is 6.07 Å². The third-order valence-electron chi connectivity index (χ3n) is 3.19. The van der Waals surface area contributed by atoms with Gasteiger partial charge in [0, 0.05) is 6.42 Å². The second kappa shape index (κ2) is 3.79. The number of benzene rings is 1. The summed E-state index contributed by atoms with van der Waals surface area (Å²) in [6.45, 7) is 0. The van der Waals surface area contributed by atoms with Crippen molar-refractivity contribution in [3.05, 3.63) is 29.3 Å². The first-order valence-electron chi connectivity index (χ1n) is 5.23. The topological polar surface area (TPSA) is 72.5 Å². The fraction of sp³-hybridized carbons (Fsp3) is 0.417. The maximum Gasteiger partial charge on any atom is 0.324 e. The van der Waals surface area contributed by atoms with Crippen LogP contribution >= 0.6 is 0 Å². The molecule has 3 N–H and O–H groups in total. The minimum Gasteiger partial charge on any atom is -0.497 e. The third-order valence-corrected chi connectivity index (χ3v) is 3.19. The van der Waals surface area contributed by atoms with Crippen molar-refractivity contribution in [2.45, 2.75) is 24.8 Å². The van der Waals surface area contributed by atoms with Crippen molar-refractivity contribution in [1.82, 2.24) is 0 Å². The molecule has 4 nitrogen and oxygen atoms in total. The molecule has 0 saturated heterocycles. The van der Waals surface area contributed by atoms with Gasteiger partial charge in [0.05, 0.1) is 7.11 Å². The lowest BCUT2D eigenvalue weighted by Crippen LogP contribution is -2.52. The van der Waals surface area contributed by atoms with Crippen LogP contribution in [0, 0.1) is 0 Å². The summed E-state index contributed by atoms with van der Waals surface area (Å²) in [7, 11) is 1.59. The largest absolute Gasteiger partial charge is 0.497 e. The first-order chi connectivity index (χ1) is 7.55. The summed E-state index contributed by atoms with van der Waals surface area (Å²) in [6, 6.07) is 5.75. The minimum atomic E-state index is -1.13. The summed E-state index contributed by atoms with van der Waals surface area (Å²) < 4.78 is 5.12. The number of aliphatic carboxylic acids is 1. The lowest BCUT2D eigenvalue weighted by Gasteiger charge is -2.30. The fourth-order valence-electron chi connectivity index (χ4n) is 2.11. The number of methoxy groups -OCH3 is 1. The normalized spacial score (nSPS) is 23.6. The SMILES string of the molecule is COc1ccc2c(c1)C[C@@](N)(C(=O)O)CC2. The third kappa shape index (κ3) is 1.76. The van der Waals surface area contributed by atoms with Crippen LogP contribution in [0.15, 0.2) is 18.2 Å². The quantitative estimate of drug-likeness (QED) is 0.780. The number of aryl methyl sites for hydroxylation is 1. The maximum atomic E-state index is 11.1. The lowest BCUT2D eigenvalue weighted by atomic mass is 9.78. The first-order valence-corrected chi connectivity index (χ1v) is 5.23. The van der Waals surface area contributed by atoms with Crippen molar-refractivity contribution in [1.29, 1.82) is 0 Å². The number of hydrogen-bond donors (Lipinski definition) is 2. The predicted molar refractivity (Wildman–Crippen MR) is 59.6 cm³/mol. The van der Waals surface area contributed by atoms with Crippen LogP contribution in [0.5, 0.6) is 5.75 Å². The summed E-state index contributed by atoms with van der Waals surface area (Å²) in [5.74, 6) is -0.186. The van der Waals surface area contributed by atoms with Gasteiger partial charge in [0.1, 0.15) is 11.3 Å². The van der Waals surface area contributed by atoms with E-state index in [1.165, 1.54) is 5.56 Å². The molecule has 0 fully saturated rings. The van der Waals surface area contributed by atoms with Crippen molar-refractivity contribution in [2.24, 2.45) is 5.73 Å². The predicted octanol–water partition coefficient (Wildman–Crippen LogP) is 0.966. The van der Waals surface area contributed by atoms with E-state index in [-0.39, 0.29) is 0 Å². The Morgan fingerprint density at radius 1 is 1.50 bits per heavy atom. The Hall–Kier alpha value is -1.55. The van der Waals surface area contributed by atoms with Crippen LogP contribution in [-0.2, 0) is 17.6 Å². The number of hydrogen-bond acceptors (Lipinski definition) is 3. The van der Waals surface area contributed by atoms with Crippen molar-refractivity contribution in [2.75, 3.05) is 7.11 Å². The van der Waals surface area contributed by atoms with E-state index < -0.39 is 11.5 Å². The number of rotatable bonds is 2. The summed E-state index contributed by atoms with van der Waals surface area (Å²) >= 11 is 0. The molecule has 1 aromatic rings. The zero-order valence-electron chi connectivity index (χ0n) is 9.19. The minimum absolute atomic E-state index is 0.370. The van der Waals surface area contributed by atoms with E-state index in [1.54, 1.807) is 7.11 Å². The van der Waals surface area contributed by atoms with Gasteiger partial charge in [-0.15, -0.1) is 0 Å². The zero-order chi connectivity index (χ0) is 11.8. The van der Waals surface area contributed by atoms with E-state index in [1.807, 2.05) is 18.2 Å². The van der Waals surface area contributed by atoms with Gasteiger partial charge in [-0.05, 0) is 36.1 Å². The molecule has 0 unspecified atom stereocenters. The highest BCUT2D eigenvalue weighted by atomic mass is 16.5. The van der Waals surface area contributed by atoms with E-state index in [0.29, 0.717) is 19.3 Å². The molecule has 4 heteroatoms. The van der Waals surface area contributed by atoms with Crippen LogP contribution in [0.1, 0.15) is 17.5 Å². The van der Waals surface area contributed by atoms with E-state index in [9.17, 15) is 4.79 Å². The summed E-state index contributed by atoms with van der Waals surface area (Å²) in [5, 5.41) is 9.09. The number of ether oxygens (including phenoxy) is 1. The van der Waals surface area contributed by atoms with Crippen LogP contribution in [0.2, 0.25) is 0 Å². The molecule has 1 aliphatic carbocycles. The van der Waals surface area contributed by atoms with Crippen LogP contribution in [0.3, 0.4) is 0 Å². The van der Waals surface area contributed by atoms with Crippen LogP contribution in [-0.4, -0.2) is 23.7 Å². The van der Waals surface area contributed by atoms with Gasteiger partial charge in [0.25, 0.3) is 0 Å². The van der Waals surface area contributed by atoms with Gasteiger partial charge in [0.15, 0.2) is 0 Å². The molecule has 0 bridgehead atoms. The van der Waals surface area contributed by atoms with E-state index in [4.69, 9.17) is 15.6 Å². The van der Waals surface area contributed by atoms with Crippen molar-refractivity contribution in [3.8, 4) is 5.75 Å². The molecule has 0 saturated carbocycles. The van der Waals surface area contributed by atoms with Gasteiger partial charge >= 0.3 is 5.97 Å². The van der Waals surface area contributed by atoms with E-state index >= 15 is 0 Å². The highest BCUT2D eigenvalue weighted by molar-refractivity contribution is 5.79. The van der Waals surface area contributed by atoms with Gasteiger partial charge in [-0.2, -0.15) is 0 Å². The van der Waals surface area contributed by atoms with Crippen LogP contribution in [0.4, 0.5) is 0 Å². The van der Waals surface area contributed by atoms with Crippen molar-refractivity contribution >= 4 is 5.97 Å². The Kier molecular flexibility index (Phi) is 2.59. The second-order valence-electron chi connectivity index (χ2n) is 4.27. The lowest BCUT2D eigenvalue weighted by molar-refractivity contribution is -0.143. The second-order valence-corrected chi connectivity index (χ2v) is 4.27. The molecule has 16 heavy (non-hydrogen) atoms. The Morgan fingerprint density at radius 2 is 2.25 bits per heavy atom. The molecule has 0 amide bonds. The molecule has 0 aliphatic heterocycles. The maximum absolute atomic E-state index is 11.1. The zero-order valence-corrected chi connectivity index (χ0v) is 9.19. The average Bonchev–Trinajstić information content (AvgIpc) is 2.27. The average molecular weight is 221 g/mol. The van der Waals surface area contributed by atoms with Gasteiger partial charge < -0.3 is 15.6 Å². The highest BCUT2D eigenvalue weighted by Gasteiger charge is 2.37. The first kappa shape index (κ1) is 11.0. The standard InChI is InChI=1S/C12H15NO3/c1-16-10-3-2-8-4-5-12(13,11(14)15)7-9(8)6-10/h2-3,6H,4-5,7,13H2,1H3,(H,14,15)/t12-/m1/s1. The molecule has 1 aromatic carbocycles. The summed E-state index contributed by atoms with van der Waals surface area (Å²) in [4.78, 5) is 11.1. The fourth-order valence-corrected chi connectivity index (χ4v) is 2.11. The molecule has 0 heterocycles. The van der Waals surface area contributed by atoms with Crippen LogP contribution in [0.25, 0.3) is 0 Å². The number of carboxylic acids is 1.